The fourth-order valence-electron chi connectivity index (χ4n) is 2.54. The Morgan fingerprint density at radius 1 is 1.14 bits per heavy atom. The van der Waals surface area contributed by atoms with Gasteiger partial charge in [0.05, 0.1) is 16.4 Å². The molecule has 4 aromatic rings. The van der Waals surface area contributed by atoms with Crippen LogP contribution in [0.1, 0.15) is 12.6 Å². The van der Waals surface area contributed by atoms with Crippen molar-refractivity contribution in [1.82, 2.24) is 9.38 Å². The summed E-state index contributed by atoms with van der Waals surface area (Å²) in [5.41, 5.74) is 9.05. The van der Waals surface area contributed by atoms with E-state index in [-0.39, 0.29) is 0 Å². The molecule has 0 aliphatic carbocycles. The van der Waals surface area contributed by atoms with E-state index in [1.165, 1.54) is 25.7 Å². The van der Waals surface area contributed by atoms with E-state index < -0.39 is 0 Å². The first-order chi connectivity index (χ1) is 10.7. The highest BCUT2D eigenvalue weighted by Crippen LogP contribution is 2.34. The van der Waals surface area contributed by atoms with Gasteiger partial charge in [-0.25, -0.2) is 4.98 Å². The van der Waals surface area contributed by atoms with Gasteiger partial charge in [-0.05, 0) is 48.9 Å². The Kier molecular flexibility index (Phi) is 3.32. The molecule has 0 unspecified atom stereocenters. The number of aryl methyl sites for hydroxylation is 1. The molecule has 3 nitrogen and oxygen atoms in total. The highest BCUT2D eigenvalue weighted by Gasteiger charge is 2.10. The minimum absolute atomic E-state index is 0.797. The molecule has 110 valence electrons. The lowest BCUT2D eigenvalue weighted by atomic mass is 10.3. The average Bonchev–Trinajstić information content (AvgIpc) is 3.08. The van der Waals surface area contributed by atoms with E-state index in [1.807, 2.05) is 18.3 Å². The van der Waals surface area contributed by atoms with Crippen LogP contribution in [0.2, 0.25) is 0 Å². The van der Waals surface area contributed by atoms with Gasteiger partial charge in [-0.3, -0.25) is 4.40 Å². The Balaban J connectivity index is 1.80. The maximum absolute atomic E-state index is 5.74. The monoisotopic (exact) mass is 325 g/mol. The van der Waals surface area contributed by atoms with Crippen molar-refractivity contribution in [3.63, 3.8) is 0 Å². The summed E-state index contributed by atoms with van der Waals surface area (Å²) >= 11 is 3.50. The molecule has 0 radical (unpaired) electrons. The van der Waals surface area contributed by atoms with Crippen molar-refractivity contribution in [2.24, 2.45) is 0 Å². The summed E-state index contributed by atoms with van der Waals surface area (Å²) in [5.74, 6) is 0. The Morgan fingerprint density at radius 3 is 2.68 bits per heavy atom. The molecule has 5 heteroatoms. The van der Waals surface area contributed by atoms with Crippen LogP contribution in [0.4, 0.5) is 5.69 Å². The van der Waals surface area contributed by atoms with Crippen molar-refractivity contribution in [3.05, 3.63) is 54.4 Å². The summed E-state index contributed by atoms with van der Waals surface area (Å²) in [6.45, 7) is 2.17. The van der Waals surface area contributed by atoms with Crippen LogP contribution >= 0.6 is 23.1 Å². The molecule has 22 heavy (non-hydrogen) atoms. The summed E-state index contributed by atoms with van der Waals surface area (Å²) < 4.78 is 3.55. The zero-order chi connectivity index (χ0) is 15.1. The number of thiazole rings is 1. The lowest BCUT2D eigenvalue weighted by Crippen LogP contribution is -1.88. The summed E-state index contributed by atoms with van der Waals surface area (Å²) in [5, 5.41) is 0. The molecule has 0 atom stereocenters. The third-order valence-electron chi connectivity index (χ3n) is 3.65. The number of benzene rings is 2. The molecular formula is C17H15N3S2. The van der Waals surface area contributed by atoms with Gasteiger partial charge in [0.1, 0.15) is 0 Å². The van der Waals surface area contributed by atoms with Crippen molar-refractivity contribution in [1.29, 1.82) is 0 Å². The van der Waals surface area contributed by atoms with Crippen LogP contribution in [0, 0.1) is 0 Å². The highest BCUT2D eigenvalue weighted by molar-refractivity contribution is 7.99. The number of nitrogens with zero attached hydrogens (tertiary/aromatic N) is 2. The van der Waals surface area contributed by atoms with Gasteiger partial charge in [0.15, 0.2) is 4.96 Å². The van der Waals surface area contributed by atoms with E-state index in [4.69, 9.17) is 5.73 Å². The maximum atomic E-state index is 5.74. The molecule has 0 aliphatic rings. The molecular weight excluding hydrogens is 310 g/mol. The number of rotatable bonds is 3. The second-order valence-electron chi connectivity index (χ2n) is 5.12. The third kappa shape index (κ3) is 2.26. The molecule has 0 aliphatic heterocycles. The summed E-state index contributed by atoms with van der Waals surface area (Å²) in [7, 11) is 0. The molecule has 2 aromatic carbocycles. The van der Waals surface area contributed by atoms with Crippen LogP contribution < -0.4 is 5.73 Å². The number of imidazole rings is 1. The summed E-state index contributed by atoms with van der Waals surface area (Å²) in [6, 6.07) is 14.6. The summed E-state index contributed by atoms with van der Waals surface area (Å²) in [6.07, 6.45) is 2.97. The maximum Gasteiger partial charge on any atom is 0.194 e. The first kappa shape index (κ1) is 13.7. The molecule has 2 heterocycles. The number of fused-ring (bicyclic) bond motifs is 3. The molecule has 4 rings (SSSR count). The largest absolute Gasteiger partial charge is 0.399 e. The van der Waals surface area contributed by atoms with Gasteiger partial charge >= 0.3 is 0 Å². The number of nitrogen functional groups attached to an aromatic ring is 1. The number of aromatic nitrogens is 2. The van der Waals surface area contributed by atoms with Gasteiger partial charge in [-0.15, -0.1) is 0 Å². The van der Waals surface area contributed by atoms with E-state index in [2.05, 4.69) is 46.6 Å². The lowest BCUT2D eigenvalue weighted by Gasteiger charge is -2.03. The number of hydrogen-bond donors (Lipinski definition) is 1. The van der Waals surface area contributed by atoms with Gasteiger partial charge in [-0.2, -0.15) is 0 Å². The molecule has 2 N–H and O–H groups in total. The number of nitrogens with two attached hydrogens (primary N) is 1. The van der Waals surface area contributed by atoms with Gasteiger partial charge in [0, 0.05) is 21.2 Å². The number of hydrogen-bond acceptors (Lipinski definition) is 4. The molecule has 0 amide bonds. The van der Waals surface area contributed by atoms with Crippen molar-refractivity contribution < 1.29 is 0 Å². The predicted octanol–water partition coefficient (Wildman–Crippen LogP) is 4.84. The van der Waals surface area contributed by atoms with Gasteiger partial charge in [0.2, 0.25) is 0 Å². The van der Waals surface area contributed by atoms with Crippen LogP contribution in [0.15, 0.2) is 58.5 Å². The van der Waals surface area contributed by atoms with E-state index in [1.54, 1.807) is 23.1 Å². The Hall–Kier alpha value is -1.98. The SMILES string of the molecule is CCc1cnc2sc3ccc(Sc4ccc(N)cc4)cc3n12. The van der Waals surface area contributed by atoms with Crippen molar-refractivity contribution >= 4 is 44.0 Å². The summed E-state index contributed by atoms with van der Waals surface area (Å²) in [4.78, 5) is 8.01. The van der Waals surface area contributed by atoms with Gasteiger partial charge < -0.3 is 5.73 Å². The molecule has 0 saturated heterocycles. The van der Waals surface area contributed by atoms with Gasteiger partial charge in [-0.1, -0.05) is 30.0 Å². The molecule has 0 spiro atoms. The lowest BCUT2D eigenvalue weighted by molar-refractivity contribution is 1.03. The zero-order valence-corrected chi connectivity index (χ0v) is 13.7. The quantitative estimate of drug-likeness (QED) is 0.548. The first-order valence-corrected chi connectivity index (χ1v) is 8.80. The fourth-order valence-corrected chi connectivity index (χ4v) is 4.39. The standard InChI is InChI=1S/C17H15N3S2/c1-2-12-10-19-17-20(12)15-9-14(7-8-16(15)22-17)21-13-5-3-11(18)4-6-13/h3-10H,2,18H2,1H3. The minimum Gasteiger partial charge on any atom is -0.399 e. The van der Waals surface area contributed by atoms with E-state index in [0.29, 0.717) is 0 Å². The Labute approximate surface area is 136 Å². The first-order valence-electron chi connectivity index (χ1n) is 7.17. The van der Waals surface area contributed by atoms with Crippen LogP contribution in [-0.4, -0.2) is 9.38 Å². The van der Waals surface area contributed by atoms with Crippen LogP contribution in [0.5, 0.6) is 0 Å². The second kappa shape index (κ2) is 5.34. The Bertz CT molecular complexity index is 951. The third-order valence-corrected chi connectivity index (χ3v) is 5.69. The molecule has 0 fully saturated rings. The normalized spacial score (nSPS) is 11.5. The number of anilines is 1. The molecule has 0 saturated carbocycles. The topological polar surface area (TPSA) is 43.3 Å². The van der Waals surface area contributed by atoms with Crippen LogP contribution in [0.25, 0.3) is 15.2 Å². The van der Waals surface area contributed by atoms with Crippen molar-refractivity contribution in [2.45, 2.75) is 23.1 Å². The zero-order valence-electron chi connectivity index (χ0n) is 12.1. The molecule has 0 bridgehead atoms. The average molecular weight is 325 g/mol. The predicted molar refractivity (Wildman–Crippen MR) is 94.9 cm³/mol. The molecule has 2 aromatic heterocycles. The van der Waals surface area contributed by atoms with Crippen LogP contribution in [0.3, 0.4) is 0 Å². The highest BCUT2D eigenvalue weighted by atomic mass is 32.2. The van der Waals surface area contributed by atoms with Crippen molar-refractivity contribution in [2.75, 3.05) is 5.73 Å². The van der Waals surface area contributed by atoms with Crippen molar-refractivity contribution in [3.8, 4) is 0 Å². The van der Waals surface area contributed by atoms with Crippen LogP contribution in [-0.2, 0) is 6.42 Å². The van der Waals surface area contributed by atoms with E-state index >= 15 is 0 Å². The van der Waals surface area contributed by atoms with Gasteiger partial charge in [0.25, 0.3) is 0 Å². The van der Waals surface area contributed by atoms with E-state index in [9.17, 15) is 0 Å². The second-order valence-corrected chi connectivity index (χ2v) is 7.28. The fraction of sp³-hybridized carbons (Fsp3) is 0.118. The smallest absolute Gasteiger partial charge is 0.194 e. The van der Waals surface area contributed by atoms with E-state index in [0.717, 1.165) is 17.1 Å². The Morgan fingerprint density at radius 2 is 1.91 bits per heavy atom. The minimum atomic E-state index is 0.797.